The van der Waals surface area contributed by atoms with Crippen molar-refractivity contribution in [2.75, 3.05) is 31.0 Å². The number of carbonyl (C=O) groups excluding carboxylic acids is 2. The van der Waals surface area contributed by atoms with Gasteiger partial charge in [-0.05, 0) is 12.8 Å². The van der Waals surface area contributed by atoms with Gasteiger partial charge in [0, 0.05) is 28.4 Å². The minimum atomic E-state index is -1.16. The Balaban J connectivity index is 1.46. The van der Waals surface area contributed by atoms with Crippen LogP contribution in [0.1, 0.15) is 18.5 Å². The Morgan fingerprint density at radius 1 is 1.53 bits per heavy atom. The smallest absolute Gasteiger partial charge is 0.353 e. The first-order valence-electron chi connectivity index (χ1n) is 9.69. The fourth-order valence-electron chi connectivity index (χ4n) is 3.57. The summed E-state index contributed by atoms with van der Waals surface area (Å²) in [5.41, 5.74) is 5.72. The van der Waals surface area contributed by atoms with Crippen LogP contribution in [-0.2, 0) is 24.0 Å². The maximum absolute atomic E-state index is 12.8. The van der Waals surface area contributed by atoms with E-state index < -0.39 is 29.2 Å². The van der Waals surface area contributed by atoms with Crippen LogP contribution in [0.3, 0.4) is 0 Å². The molecule has 3 aliphatic heterocycles. The van der Waals surface area contributed by atoms with Gasteiger partial charge < -0.3 is 25.7 Å². The number of aliphatic carboxylic acids is 1. The predicted molar refractivity (Wildman–Crippen MR) is 121 cm³/mol. The molecule has 3 aliphatic rings. The van der Waals surface area contributed by atoms with Crippen molar-refractivity contribution in [2.24, 2.45) is 5.16 Å². The van der Waals surface area contributed by atoms with Crippen molar-refractivity contribution in [1.82, 2.24) is 15.2 Å². The summed E-state index contributed by atoms with van der Waals surface area (Å²) in [6.45, 7) is 0.723. The van der Waals surface area contributed by atoms with Crippen LogP contribution in [-0.4, -0.2) is 81.2 Å². The van der Waals surface area contributed by atoms with Crippen molar-refractivity contribution in [3.05, 3.63) is 21.7 Å². The molecule has 4 rings (SSSR count). The van der Waals surface area contributed by atoms with Crippen LogP contribution in [0.2, 0.25) is 0 Å². The van der Waals surface area contributed by atoms with Gasteiger partial charge in [0.2, 0.25) is 0 Å². The molecule has 0 saturated carbocycles. The number of oxime groups is 1. The highest BCUT2D eigenvalue weighted by Crippen LogP contribution is 2.43. The molecule has 0 aromatic carbocycles. The second-order valence-corrected chi connectivity index (χ2v) is 10.2. The summed E-state index contributed by atoms with van der Waals surface area (Å²) in [4.78, 5) is 48.2. The summed E-state index contributed by atoms with van der Waals surface area (Å²) in [6.07, 6.45) is 2.05. The van der Waals surface area contributed by atoms with Crippen molar-refractivity contribution in [3.8, 4) is 0 Å². The number of carbonyl (C=O) groups is 3. The molecule has 2 fully saturated rings. The number of aromatic nitrogens is 1. The minimum Gasteiger partial charge on any atom is -0.477 e. The molecule has 172 valence electrons. The molecule has 1 aromatic rings. The number of amides is 2. The van der Waals surface area contributed by atoms with Crippen molar-refractivity contribution in [2.45, 2.75) is 30.4 Å². The van der Waals surface area contributed by atoms with E-state index in [4.69, 9.17) is 15.3 Å². The SMILES string of the molecule is CON=C(C(=O)NC1C(=O)N2C(C(=O)O)=C(SCC3CCCO3)CS[C@@H]12)c1csc(N)n1. The Kier molecular flexibility index (Phi) is 6.93. The molecule has 32 heavy (non-hydrogen) atoms. The summed E-state index contributed by atoms with van der Waals surface area (Å²) in [5, 5.41) is 17.4. The number of hydrogen-bond acceptors (Lipinski definition) is 11. The maximum atomic E-state index is 12.8. The number of fused-ring (bicyclic) bond motifs is 1. The topological polar surface area (TPSA) is 156 Å². The summed E-state index contributed by atoms with van der Waals surface area (Å²) in [7, 11) is 1.29. The Bertz CT molecular complexity index is 990. The number of nitrogens with zero attached hydrogens (tertiary/aromatic N) is 3. The van der Waals surface area contributed by atoms with Crippen LogP contribution in [0, 0.1) is 0 Å². The zero-order valence-electron chi connectivity index (χ0n) is 17.0. The van der Waals surface area contributed by atoms with E-state index in [1.165, 1.54) is 35.5 Å². The molecule has 14 heteroatoms. The molecule has 0 radical (unpaired) electrons. The zero-order valence-corrected chi connectivity index (χ0v) is 19.4. The second kappa shape index (κ2) is 9.68. The molecule has 0 spiro atoms. The molecular weight excluding hydrogens is 478 g/mol. The van der Waals surface area contributed by atoms with E-state index in [0.717, 1.165) is 30.8 Å². The van der Waals surface area contributed by atoms with Gasteiger partial charge in [0.05, 0.1) is 6.10 Å². The number of anilines is 1. The highest BCUT2D eigenvalue weighted by molar-refractivity contribution is 8.06. The lowest BCUT2D eigenvalue weighted by atomic mass is 10.0. The highest BCUT2D eigenvalue weighted by atomic mass is 32.2. The van der Waals surface area contributed by atoms with E-state index in [2.05, 4.69) is 15.5 Å². The summed E-state index contributed by atoms with van der Waals surface area (Å²) in [5.74, 6) is -1.23. The molecule has 0 aliphatic carbocycles. The maximum Gasteiger partial charge on any atom is 0.353 e. The van der Waals surface area contributed by atoms with Gasteiger partial charge in [-0.1, -0.05) is 5.16 Å². The van der Waals surface area contributed by atoms with E-state index in [1.807, 2.05) is 0 Å². The Morgan fingerprint density at radius 2 is 2.34 bits per heavy atom. The fraction of sp³-hybridized carbons (Fsp3) is 0.500. The monoisotopic (exact) mass is 499 g/mol. The van der Waals surface area contributed by atoms with Gasteiger partial charge in [0.15, 0.2) is 10.8 Å². The molecule has 2 amide bonds. The first kappa shape index (κ1) is 22.9. The van der Waals surface area contributed by atoms with Crippen LogP contribution in [0.25, 0.3) is 0 Å². The quantitative estimate of drug-likeness (QED) is 0.264. The van der Waals surface area contributed by atoms with E-state index in [0.29, 0.717) is 16.4 Å². The lowest BCUT2D eigenvalue weighted by molar-refractivity contribution is -0.150. The predicted octanol–water partition coefficient (Wildman–Crippen LogP) is 0.684. The Morgan fingerprint density at radius 3 is 2.97 bits per heavy atom. The van der Waals surface area contributed by atoms with Gasteiger partial charge in [-0.2, -0.15) is 0 Å². The number of carboxylic acids is 1. The van der Waals surface area contributed by atoms with Gasteiger partial charge in [-0.25, -0.2) is 9.78 Å². The number of hydrogen-bond donors (Lipinski definition) is 3. The number of β-lactam (4-membered cyclic amide) rings is 1. The van der Waals surface area contributed by atoms with Crippen LogP contribution in [0.5, 0.6) is 0 Å². The number of nitrogens with one attached hydrogen (secondary N) is 1. The fourth-order valence-corrected chi connectivity index (χ4v) is 6.82. The summed E-state index contributed by atoms with van der Waals surface area (Å²) >= 11 is 3.96. The standard InChI is InChI=1S/C18H21N5O6S3/c1-28-22-11(9-6-32-18(19)20-9)14(24)21-12-15(25)23-13(17(26)27)10(7-31-16(12)23)30-5-8-3-2-4-29-8/h6,8,12,16H,2-5,7H2,1H3,(H2,19,20)(H,21,24)(H,26,27)/t8?,12?,16-/m0/s1. The normalized spacial score (nSPS) is 25.4. The first-order chi connectivity index (χ1) is 15.4. The lowest BCUT2D eigenvalue weighted by Gasteiger charge is -2.49. The van der Waals surface area contributed by atoms with E-state index >= 15 is 0 Å². The highest BCUT2D eigenvalue weighted by Gasteiger charge is 2.54. The number of nitrogen functional groups attached to an aromatic ring is 1. The van der Waals surface area contributed by atoms with Gasteiger partial charge in [0.25, 0.3) is 11.8 Å². The van der Waals surface area contributed by atoms with Gasteiger partial charge in [0.1, 0.15) is 29.9 Å². The van der Waals surface area contributed by atoms with Crippen LogP contribution in [0.15, 0.2) is 21.1 Å². The average molecular weight is 500 g/mol. The van der Waals surface area contributed by atoms with Gasteiger partial charge in [-0.3, -0.25) is 14.5 Å². The summed E-state index contributed by atoms with van der Waals surface area (Å²) in [6, 6.07) is -0.885. The molecule has 1 aromatic heterocycles. The van der Waals surface area contributed by atoms with Gasteiger partial charge >= 0.3 is 5.97 Å². The number of thioether (sulfide) groups is 2. The molecule has 2 unspecified atom stereocenters. The third-order valence-corrected chi connectivity index (χ3v) is 8.41. The molecule has 0 bridgehead atoms. The van der Waals surface area contributed by atoms with Crippen LogP contribution in [0.4, 0.5) is 5.13 Å². The first-order valence-corrected chi connectivity index (χ1v) is 12.6. The Labute approximate surface area is 195 Å². The number of nitrogens with two attached hydrogens (primary N) is 1. The molecule has 11 nitrogen and oxygen atoms in total. The van der Waals surface area contributed by atoms with E-state index in [1.54, 1.807) is 5.38 Å². The van der Waals surface area contributed by atoms with Crippen molar-refractivity contribution in [3.63, 3.8) is 0 Å². The number of rotatable bonds is 8. The molecule has 4 N–H and O–H groups in total. The largest absolute Gasteiger partial charge is 0.477 e. The van der Waals surface area contributed by atoms with E-state index in [-0.39, 0.29) is 28.3 Å². The molecule has 3 atom stereocenters. The van der Waals surface area contributed by atoms with Crippen LogP contribution < -0.4 is 11.1 Å². The summed E-state index contributed by atoms with van der Waals surface area (Å²) < 4.78 is 5.60. The molecule has 4 heterocycles. The van der Waals surface area contributed by atoms with Crippen LogP contribution >= 0.6 is 34.9 Å². The lowest BCUT2D eigenvalue weighted by Crippen LogP contribution is -2.71. The molecule has 2 saturated heterocycles. The zero-order chi connectivity index (χ0) is 22.8. The van der Waals surface area contributed by atoms with E-state index in [9.17, 15) is 19.5 Å². The van der Waals surface area contributed by atoms with Crippen molar-refractivity contribution < 1.29 is 29.1 Å². The number of thiazole rings is 1. The van der Waals surface area contributed by atoms with Crippen molar-refractivity contribution in [1.29, 1.82) is 0 Å². The third kappa shape index (κ3) is 4.44. The third-order valence-electron chi connectivity index (χ3n) is 5.05. The van der Waals surface area contributed by atoms with Gasteiger partial charge in [-0.15, -0.1) is 34.9 Å². The second-order valence-electron chi connectivity index (χ2n) is 7.08. The number of ether oxygens (including phenoxy) is 1. The van der Waals surface area contributed by atoms with Crippen molar-refractivity contribution >= 4 is 63.5 Å². The number of carboxylic acid groups (broad SMARTS) is 1. The Hall–Kier alpha value is -2.29. The minimum absolute atomic E-state index is 0.0229. The average Bonchev–Trinajstić information content (AvgIpc) is 3.45. The molecular formula is C18H21N5O6S3.